The molecule has 1 heterocycles. The molecule has 1 rings (SSSR count). The van der Waals surface area contributed by atoms with Gasteiger partial charge in [0.05, 0.1) is 0 Å². The van der Waals surface area contributed by atoms with Crippen molar-refractivity contribution in [3.8, 4) is 0 Å². The average molecular weight is 227 g/mol. The van der Waals surface area contributed by atoms with E-state index in [2.05, 4.69) is 24.1 Å². The van der Waals surface area contributed by atoms with Gasteiger partial charge in [0.15, 0.2) is 0 Å². The Labute approximate surface area is 97.1 Å². The van der Waals surface area contributed by atoms with Crippen molar-refractivity contribution in [3.05, 3.63) is 29.0 Å². The lowest BCUT2D eigenvalue weighted by atomic mass is 10.1. The molecule has 1 atom stereocenters. The summed E-state index contributed by atoms with van der Waals surface area (Å²) in [6.07, 6.45) is 5.62. The third-order valence-corrected chi connectivity index (χ3v) is 2.70. The van der Waals surface area contributed by atoms with Crippen molar-refractivity contribution in [1.82, 2.24) is 10.3 Å². The number of halogens is 1. The van der Waals surface area contributed by atoms with Gasteiger partial charge in [-0.1, -0.05) is 37.4 Å². The first-order valence-electron chi connectivity index (χ1n) is 5.59. The zero-order valence-corrected chi connectivity index (χ0v) is 10.2. The minimum absolute atomic E-state index is 0.353. The highest BCUT2D eigenvalue weighted by molar-refractivity contribution is 6.29. The Morgan fingerprint density at radius 2 is 2.20 bits per heavy atom. The Bertz CT molecular complexity index is 271. The highest BCUT2D eigenvalue weighted by Crippen LogP contribution is 2.13. The average Bonchev–Trinajstić information content (AvgIpc) is 2.25. The molecule has 0 amide bonds. The third kappa shape index (κ3) is 4.63. The SMILES string of the molecule is CCCCCNC(C)c1ccc(Cl)nc1. The van der Waals surface area contributed by atoms with Gasteiger partial charge in [-0.25, -0.2) is 4.98 Å². The normalized spacial score (nSPS) is 12.7. The number of aromatic nitrogens is 1. The molecular weight excluding hydrogens is 208 g/mol. The van der Waals surface area contributed by atoms with Gasteiger partial charge in [0, 0.05) is 12.2 Å². The van der Waals surface area contributed by atoms with Crippen LogP contribution in [0.2, 0.25) is 5.15 Å². The standard InChI is InChI=1S/C12H19ClN2/c1-3-4-5-8-14-10(2)11-6-7-12(13)15-9-11/h6-7,9-10,14H,3-5,8H2,1-2H3. The summed E-state index contributed by atoms with van der Waals surface area (Å²) < 4.78 is 0. The fourth-order valence-electron chi connectivity index (χ4n) is 1.45. The van der Waals surface area contributed by atoms with Crippen molar-refractivity contribution in [3.63, 3.8) is 0 Å². The maximum absolute atomic E-state index is 5.73. The Balaban J connectivity index is 2.33. The predicted octanol–water partition coefficient (Wildman–Crippen LogP) is 3.58. The van der Waals surface area contributed by atoms with E-state index in [0.29, 0.717) is 11.2 Å². The number of pyridine rings is 1. The molecule has 0 spiro atoms. The highest BCUT2D eigenvalue weighted by Gasteiger charge is 2.03. The second-order valence-electron chi connectivity index (χ2n) is 3.80. The molecule has 0 bridgehead atoms. The zero-order valence-electron chi connectivity index (χ0n) is 9.46. The van der Waals surface area contributed by atoms with Crippen LogP contribution in [-0.2, 0) is 0 Å². The van der Waals surface area contributed by atoms with Crippen molar-refractivity contribution in [2.24, 2.45) is 0 Å². The topological polar surface area (TPSA) is 24.9 Å². The Hall–Kier alpha value is -0.600. The Kier molecular flexibility index (Phi) is 5.66. The summed E-state index contributed by atoms with van der Waals surface area (Å²) >= 11 is 5.73. The predicted molar refractivity (Wildman–Crippen MR) is 65.2 cm³/mol. The summed E-state index contributed by atoms with van der Waals surface area (Å²) in [5, 5.41) is 4.02. The van der Waals surface area contributed by atoms with Crippen LogP contribution >= 0.6 is 11.6 Å². The zero-order chi connectivity index (χ0) is 11.1. The minimum Gasteiger partial charge on any atom is -0.310 e. The largest absolute Gasteiger partial charge is 0.310 e. The van der Waals surface area contributed by atoms with E-state index in [1.54, 1.807) is 0 Å². The number of rotatable bonds is 6. The van der Waals surface area contributed by atoms with Crippen LogP contribution in [0.5, 0.6) is 0 Å². The first-order valence-corrected chi connectivity index (χ1v) is 5.96. The molecule has 1 N–H and O–H groups in total. The fraction of sp³-hybridized carbons (Fsp3) is 0.583. The molecule has 2 nitrogen and oxygen atoms in total. The molecule has 1 aromatic rings. The van der Waals surface area contributed by atoms with Crippen molar-refractivity contribution in [2.75, 3.05) is 6.54 Å². The van der Waals surface area contributed by atoms with Gasteiger partial charge in [0.1, 0.15) is 5.15 Å². The van der Waals surface area contributed by atoms with E-state index in [1.807, 2.05) is 18.3 Å². The quantitative estimate of drug-likeness (QED) is 0.593. The van der Waals surface area contributed by atoms with Gasteiger partial charge >= 0.3 is 0 Å². The molecule has 0 aliphatic rings. The van der Waals surface area contributed by atoms with Gasteiger partial charge in [-0.05, 0) is 31.5 Å². The lowest BCUT2D eigenvalue weighted by Crippen LogP contribution is -2.19. The Morgan fingerprint density at radius 1 is 1.40 bits per heavy atom. The number of hydrogen-bond donors (Lipinski definition) is 1. The molecule has 84 valence electrons. The first kappa shape index (κ1) is 12.5. The minimum atomic E-state index is 0.353. The van der Waals surface area contributed by atoms with Crippen LogP contribution in [0.4, 0.5) is 0 Å². The van der Waals surface area contributed by atoms with E-state index in [4.69, 9.17) is 11.6 Å². The summed E-state index contributed by atoms with van der Waals surface area (Å²) in [5.41, 5.74) is 1.19. The van der Waals surface area contributed by atoms with Crippen molar-refractivity contribution >= 4 is 11.6 Å². The number of nitrogens with zero attached hydrogens (tertiary/aromatic N) is 1. The van der Waals surface area contributed by atoms with E-state index in [-0.39, 0.29) is 0 Å². The second kappa shape index (κ2) is 6.81. The molecule has 3 heteroatoms. The van der Waals surface area contributed by atoms with E-state index >= 15 is 0 Å². The summed E-state index contributed by atoms with van der Waals surface area (Å²) in [7, 11) is 0. The van der Waals surface area contributed by atoms with Crippen molar-refractivity contribution in [1.29, 1.82) is 0 Å². The maximum atomic E-state index is 5.73. The van der Waals surface area contributed by atoms with Crippen LogP contribution in [-0.4, -0.2) is 11.5 Å². The second-order valence-corrected chi connectivity index (χ2v) is 4.18. The van der Waals surface area contributed by atoms with Crippen LogP contribution in [0.3, 0.4) is 0 Å². The molecule has 15 heavy (non-hydrogen) atoms. The van der Waals surface area contributed by atoms with Crippen LogP contribution in [0.1, 0.15) is 44.7 Å². The molecule has 0 fully saturated rings. The molecule has 0 aromatic carbocycles. The number of hydrogen-bond acceptors (Lipinski definition) is 2. The van der Waals surface area contributed by atoms with Gasteiger partial charge in [0.25, 0.3) is 0 Å². The third-order valence-electron chi connectivity index (χ3n) is 2.48. The highest BCUT2D eigenvalue weighted by atomic mass is 35.5. The van der Waals surface area contributed by atoms with Crippen molar-refractivity contribution < 1.29 is 0 Å². The lowest BCUT2D eigenvalue weighted by Gasteiger charge is -2.13. The lowest BCUT2D eigenvalue weighted by molar-refractivity contribution is 0.543. The molecule has 0 aliphatic heterocycles. The number of nitrogens with one attached hydrogen (secondary N) is 1. The molecule has 0 saturated carbocycles. The van der Waals surface area contributed by atoms with Gasteiger partial charge in [-0.2, -0.15) is 0 Å². The summed E-state index contributed by atoms with van der Waals surface area (Å²) in [5.74, 6) is 0. The van der Waals surface area contributed by atoms with Crippen LogP contribution in [0, 0.1) is 0 Å². The molecule has 0 saturated heterocycles. The van der Waals surface area contributed by atoms with Crippen LogP contribution in [0.15, 0.2) is 18.3 Å². The fourth-order valence-corrected chi connectivity index (χ4v) is 1.57. The maximum Gasteiger partial charge on any atom is 0.129 e. The molecular formula is C12H19ClN2. The summed E-state index contributed by atoms with van der Waals surface area (Å²) in [6, 6.07) is 4.21. The van der Waals surface area contributed by atoms with Gasteiger partial charge < -0.3 is 5.32 Å². The first-order chi connectivity index (χ1) is 7.24. The van der Waals surface area contributed by atoms with E-state index in [9.17, 15) is 0 Å². The molecule has 1 unspecified atom stereocenters. The van der Waals surface area contributed by atoms with Crippen LogP contribution < -0.4 is 5.32 Å². The molecule has 0 aliphatic carbocycles. The summed E-state index contributed by atoms with van der Waals surface area (Å²) in [6.45, 7) is 5.43. The van der Waals surface area contributed by atoms with Gasteiger partial charge in [0.2, 0.25) is 0 Å². The molecule has 1 aromatic heterocycles. The van der Waals surface area contributed by atoms with E-state index in [0.717, 1.165) is 6.54 Å². The van der Waals surface area contributed by atoms with E-state index in [1.165, 1.54) is 24.8 Å². The van der Waals surface area contributed by atoms with Crippen molar-refractivity contribution in [2.45, 2.75) is 39.2 Å². The number of unbranched alkanes of at least 4 members (excludes halogenated alkanes) is 2. The smallest absolute Gasteiger partial charge is 0.129 e. The van der Waals surface area contributed by atoms with E-state index < -0.39 is 0 Å². The molecule has 0 radical (unpaired) electrons. The van der Waals surface area contributed by atoms with Crippen LogP contribution in [0.25, 0.3) is 0 Å². The Morgan fingerprint density at radius 3 is 2.80 bits per heavy atom. The van der Waals surface area contributed by atoms with Gasteiger partial charge in [-0.3, -0.25) is 0 Å². The monoisotopic (exact) mass is 226 g/mol. The van der Waals surface area contributed by atoms with Gasteiger partial charge in [-0.15, -0.1) is 0 Å². The summed E-state index contributed by atoms with van der Waals surface area (Å²) in [4.78, 5) is 4.07.